The van der Waals surface area contributed by atoms with Gasteiger partial charge >= 0.3 is 0 Å². The molecule has 2 aromatic heterocycles. The molecule has 4 aromatic rings. The van der Waals surface area contributed by atoms with E-state index >= 15 is 0 Å². The topological polar surface area (TPSA) is 80.2 Å². The van der Waals surface area contributed by atoms with Crippen molar-refractivity contribution in [2.45, 2.75) is 24.8 Å². The maximum Gasteiger partial charge on any atom is 0.233 e. The molecule has 0 aliphatic carbocycles. The van der Waals surface area contributed by atoms with Crippen LogP contribution in [0.2, 0.25) is 0 Å². The standard InChI is InChI=1S/C23H21N3O3S2/c1-16-4-3-5-20-22(16)25-23(30-20)26(15-18-10-12-24-13-11-18)21(27)14-17-6-8-19(9-7-17)31(2,28)29/h3-13H,14-15H2,1-2H3. The Morgan fingerprint density at radius 2 is 1.71 bits per heavy atom. The first-order valence-corrected chi connectivity index (χ1v) is 12.4. The molecule has 2 heterocycles. The molecule has 0 spiro atoms. The first-order valence-electron chi connectivity index (χ1n) is 9.66. The molecule has 0 unspecified atom stereocenters. The van der Waals surface area contributed by atoms with E-state index in [1.165, 1.54) is 29.7 Å². The number of carbonyl (C=O) groups excluding carboxylic acids is 1. The van der Waals surface area contributed by atoms with Crippen LogP contribution in [0.25, 0.3) is 10.2 Å². The van der Waals surface area contributed by atoms with E-state index in [9.17, 15) is 13.2 Å². The molecule has 0 N–H and O–H groups in total. The van der Waals surface area contributed by atoms with Crippen molar-refractivity contribution in [2.75, 3.05) is 11.2 Å². The Labute approximate surface area is 185 Å². The van der Waals surface area contributed by atoms with Crippen LogP contribution in [-0.2, 0) is 27.6 Å². The number of anilines is 1. The molecule has 0 saturated heterocycles. The molecule has 0 aliphatic heterocycles. The zero-order valence-electron chi connectivity index (χ0n) is 17.1. The van der Waals surface area contributed by atoms with E-state index in [0.717, 1.165) is 26.9 Å². The summed E-state index contributed by atoms with van der Waals surface area (Å²) in [6, 6.07) is 16.2. The summed E-state index contributed by atoms with van der Waals surface area (Å²) < 4.78 is 24.4. The molecule has 8 heteroatoms. The summed E-state index contributed by atoms with van der Waals surface area (Å²) in [5.41, 5.74) is 3.65. The number of nitrogens with zero attached hydrogens (tertiary/aromatic N) is 3. The summed E-state index contributed by atoms with van der Waals surface area (Å²) in [5.74, 6) is -0.111. The summed E-state index contributed by atoms with van der Waals surface area (Å²) in [6.45, 7) is 2.38. The van der Waals surface area contributed by atoms with Crippen LogP contribution in [0.5, 0.6) is 0 Å². The Bertz CT molecular complexity index is 1330. The van der Waals surface area contributed by atoms with Crippen LogP contribution in [-0.4, -0.2) is 30.5 Å². The normalized spacial score (nSPS) is 11.5. The number of pyridine rings is 1. The molecule has 0 radical (unpaired) electrons. The van der Waals surface area contributed by atoms with Gasteiger partial charge in [-0.05, 0) is 53.9 Å². The van der Waals surface area contributed by atoms with Gasteiger partial charge < -0.3 is 0 Å². The highest BCUT2D eigenvalue weighted by atomic mass is 32.2. The van der Waals surface area contributed by atoms with E-state index in [-0.39, 0.29) is 17.2 Å². The van der Waals surface area contributed by atoms with Gasteiger partial charge in [0.25, 0.3) is 0 Å². The number of hydrogen-bond donors (Lipinski definition) is 0. The number of rotatable bonds is 6. The number of sulfone groups is 1. The second kappa shape index (κ2) is 8.56. The molecule has 0 bridgehead atoms. The number of aryl methyl sites for hydroxylation is 1. The van der Waals surface area contributed by atoms with Crippen molar-refractivity contribution in [3.05, 3.63) is 83.7 Å². The average molecular weight is 452 g/mol. The lowest BCUT2D eigenvalue weighted by Crippen LogP contribution is -2.31. The Morgan fingerprint density at radius 1 is 1.00 bits per heavy atom. The summed E-state index contributed by atoms with van der Waals surface area (Å²) in [5, 5.41) is 0.638. The third kappa shape index (κ3) is 4.81. The number of aromatic nitrogens is 2. The van der Waals surface area contributed by atoms with Gasteiger partial charge in [0, 0.05) is 18.6 Å². The highest BCUT2D eigenvalue weighted by Crippen LogP contribution is 2.32. The molecule has 31 heavy (non-hydrogen) atoms. The molecule has 2 aromatic carbocycles. The maximum atomic E-state index is 13.3. The van der Waals surface area contributed by atoms with Crippen LogP contribution >= 0.6 is 11.3 Å². The van der Waals surface area contributed by atoms with Crippen molar-refractivity contribution < 1.29 is 13.2 Å². The lowest BCUT2D eigenvalue weighted by atomic mass is 10.1. The van der Waals surface area contributed by atoms with Crippen molar-refractivity contribution in [2.24, 2.45) is 0 Å². The van der Waals surface area contributed by atoms with Crippen molar-refractivity contribution in [3.8, 4) is 0 Å². The molecule has 0 atom stereocenters. The third-order valence-electron chi connectivity index (χ3n) is 4.94. The van der Waals surface area contributed by atoms with Gasteiger partial charge in [-0.25, -0.2) is 13.4 Å². The first-order chi connectivity index (χ1) is 14.8. The van der Waals surface area contributed by atoms with Crippen molar-refractivity contribution in [1.29, 1.82) is 0 Å². The molecule has 0 aliphatic rings. The van der Waals surface area contributed by atoms with Crippen LogP contribution < -0.4 is 4.90 Å². The largest absolute Gasteiger partial charge is 0.283 e. The molecule has 1 amide bonds. The molecule has 4 rings (SSSR count). The summed E-state index contributed by atoms with van der Waals surface area (Å²) >= 11 is 1.48. The van der Waals surface area contributed by atoms with Gasteiger partial charge in [0.2, 0.25) is 5.91 Å². The van der Waals surface area contributed by atoms with E-state index in [1.807, 2.05) is 37.3 Å². The number of amides is 1. The Morgan fingerprint density at radius 3 is 2.35 bits per heavy atom. The van der Waals surface area contributed by atoms with Crippen LogP contribution in [0, 0.1) is 6.92 Å². The summed E-state index contributed by atoms with van der Waals surface area (Å²) in [4.78, 5) is 24.0. The van der Waals surface area contributed by atoms with Gasteiger partial charge in [0.15, 0.2) is 15.0 Å². The highest BCUT2D eigenvalue weighted by Gasteiger charge is 2.21. The monoisotopic (exact) mass is 451 g/mol. The predicted molar refractivity (Wildman–Crippen MR) is 123 cm³/mol. The summed E-state index contributed by atoms with van der Waals surface area (Å²) in [7, 11) is -3.28. The molecule has 158 valence electrons. The number of fused-ring (bicyclic) bond motifs is 1. The van der Waals surface area contributed by atoms with E-state index < -0.39 is 9.84 Å². The van der Waals surface area contributed by atoms with Crippen LogP contribution in [0.15, 0.2) is 71.9 Å². The van der Waals surface area contributed by atoms with Crippen molar-refractivity contribution in [3.63, 3.8) is 0 Å². The van der Waals surface area contributed by atoms with Gasteiger partial charge in [-0.15, -0.1) is 0 Å². The minimum atomic E-state index is -3.28. The van der Waals surface area contributed by atoms with Crippen molar-refractivity contribution >= 4 is 42.4 Å². The number of carbonyl (C=O) groups is 1. The van der Waals surface area contributed by atoms with Gasteiger partial charge in [0.1, 0.15) is 0 Å². The van der Waals surface area contributed by atoms with E-state index in [4.69, 9.17) is 4.98 Å². The smallest absolute Gasteiger partial charge is 0.233 e. The molecule has 0 fully saturated rings. The molecule has 0 saturated carbocycles. The molecule has 6 nitrogen and oxygen atoms in total. The lowest BCUT2D eigenvalue weighted by molar-refractivity contribution is -0.118. The van der Waals surface area contributed by atoms with Gasteiger partial charge in [-0.2, -0.15) is 0 Å². The minimum Gasteiger partial charge on any atom is -0.283 e. The minimum absolute atomic E-state index is 0.111. The molecular formula is C23H21N3O3S2. The van der Waals surface area contributed by atoms with Gasteiger partial charge in [-0.3, -0.25) is 14.7 Å². The highest BCUT2D eigenvalue weighted by molar-refractivity contribution is 7.90. The van der Waals surface area contributed by atoms with E-state index in [1.54, 1.807) is 29.4 Å². The van der Waals surface area contributed by atoms with Crippen LogP contribution in [0.3, 0.4) is 0 Å². The average Bonchev–Trinajstić information content (AvgIpc) is 3.18. The fourth-order valence-electron chi connectivity index (χ4n) is 3.25. The maximum absolute atomic E-state index is 13.3. The number of thiazole rings is 1. The number of para-hydroxylation sites is 1. The molecular weight excluding hydrogens is 430 g/mol. The Hall–Kier alpha value is -3.10. The van der Waals surface area contributed by atoms with Crippen LogP contribution in [0.1, 0.15) is 16.7 Å². The predicted octanol–water partition coefficient (Wildman–Crippen LogP) is 4.18. The second-order valence-corrected chi connectivity index (χ2v) is 10.4. The van der Waals surface area contributed by atoms with Crippen molar-refractivity contribution in [1.82, 2.24) is 9.97 Å². The second-order valence-electron chi connectivity index (χ2n) is 7.35. The summed E-state index contributed by atoms with van der Waals surface area (Å²) in [6.07, 6.45) is 4.71. The quantitative estimate of drug-likeness (QED) is 0.439. The van der Waals surface area contributed by atoms with Crippen LogP contribution in [0.4, 0.5) is 5.13 Å². The number of hydrogen-bond acceptors (Lipinski definition) is 6. The zero-order chi connectivity index (χ0) is 22.0. The first kappa shape index (κ1) is 21.1. The van der Waals surface area contributed by atoms with Gasteiger partial charge in [0.05, 0.1) is 28.1 Å². The lowest BCUT2D eigenvalue weighted by Gasteiger charge is -2.20. The van der Waals surface area contributed by atoms with E-state index in [0.29, 0.717) is 11.7 Å². The Kier molecular flexibility index (Phi) is 5.84. The van der Waals surface area contributed by atoms with E-state index in [2.05, 4.69) is 4.98 Å². The van der Waals surface area contributed by atoms with Gasteiger partial charge in [-0.1, -0.05) is 35.6 Å². The third-order valence-corrected chi connectivity index (χ3v) is 7.11. The number of benzene rings is 2. The SMILES string of the molecule is Cc1cccc2sc(N(Cc3ccncc3)C(=O)Cc3ccc(S(C)(=O)=O)cc3)nc12. The fraction of sp³-hybridized carbons (Fsp3) is 0.174. The fourth-order valence-corrected chi connectivity index (χ4v) is 4.94. The zero-order valence-corrected chi connectivity index (χ0v) is 18.8. The Balaban J connectivity index is 1.66.